The first-order valence-corrected chi connectivity index (χ1v) is 12.5. The van der Waals surface area contributed by atoms with E-state index >= 15 is 0 Å². The van der Waals surface area contributed by atoms with Crippen LogP contribution in [0.3, 0.4) is 0 Å². The third-order valence-electron chi connectivity index (χ3n) is 6.97. The van der Waals surface area contributed by atoms with Gasteiger partial charge in [0.25, 0.3) is 0 Å². The Balaban J connectivity index is 1.19. The molecule has 2 aliphatic rings. The average molecular weight is 459 g/mol. The number of aryl methyl sites for hydroxylation is 1. The average Bonchev–Trinajstić information content (AvgIpc) is 3.51. The van der Waals surface area contributed by atoms with Gasteiger partial charge in [0.1, 0.15) is 0 Å². The Morgan fingerprint density at radius 2 is 2.06 bits per heavy atom. The molecular weight excluding hydrogens is 432 g/mol. The van der Waals surface area contributed by atoms with Gasteiger partial charge in [0, 0.05) is 13.1 Å². The van der Waals surface area contributed by atoms with Crippen LogP contribution in [0.1, 0.15) is 31.2 Å². The standard InChI is InChI=1S/C25H26N4O3Si/c1-29-22-13-17(9-10-23(22)32-25(29)31)16-7-5-15(6-8-16)11-19(14-26)33-28-24(30)21-12-18-3-2-4-20(18)27-21/h5-10,13,18-21,27H,2-4,11-12H2,1H3,(H,28,30)/t18-,19-,20-,21-/m0/s1. The first kappa shape index (κ1) is 21.7. The van der Waals surface area contributed by atoms with Gasteiger partial charge < -0.3 is 14.7 Å². The van der Waals surface area contributed by atoms with Crippen molar-refractivity contribution in [3.63, 3.8) is 0 Å². The lowest BCUT2D eigenvalue weighted by Crippen LogP contribution is -2.44. The molecule has 2 radical (unpaired) electrons. The molecule has 33 heavy (non-hydrogen) atoms. The minimum absolute atomic E-state index is 0.0300. The lowest BCUT2D eigenvalue weighted by molar-refractivity contribution is -0.121. The fourth-order valence-corrected chi connectivity index (χ4v) is 5.99. The minimum Gasteiger partial charge on any atom is -0.408 e. The van der Waals surface area contributed by atoms with Crippen molar-refractivity contribution in [1.82, 2.24) is 14.9 Å². The second-order valence-corrected chi connectivity index (χ2v) is 10.3. The molecule has 0 bridgehead atoms. The Morgan fingerprint density at radius 3 is 2.82 bits per heavy atom. The van der Waals surface area contributed by atoms with Crippen molar-refractivity contribution in [1.29, 1.82) is 5.26 Å². The highest BCUT2D eigenvalue weighted by molar-refractivity contribution is 6.40. The maximum Gasteiger partial charge on any atom is 0.419 e. The Hall–Kier alpha value is -3.15. The van der Waals surface area contributed by atoms with Crippen LogP contribution in [0.2, 0.25) is 5.54 Å². The number of fused-ring (bicyclic) bond motifs is 2. The summed E-state index contributed by atoms with van der Waals surface area (Å²) in [7, 11) is 1.77. The second-order valence-electron chi connectivity index (χ2n) is 9.08. The summed E-state index contributed by atoms with van der Waals surface area (Å²) in [6, 6.07) is 16.5. The predicted molar refractivity (Wildman–Crippen MR) is 127 cm³/mol. The summed E-state index contributed by atoms with van der Waals surface area (Å²) < 4.78 is 6.69. The molecule has 1 saturated heterocycles. The molecule has 5 rings (SSSR count). The topological polar surface area (TPSA) is 100 Å². The smallest absolute Gasteiger partial charge is 0.408 e. The zero-order chi connectivity index (χ0) is 22.9. The number of nitrogens with zero attached hydrogens (tertiary/aromatic N) is 2. The summed E-state index contributed by atoms with van der Waals surface area (Å²) in [4.78, 5) is 27.3. The third kappa shape index (κ3) is 4.39. The molecule has 1 aliphatic carbocycles. The normalized spacial score (nSPS) is 22.7. The van der Waals surface area contributed by atoms with Crippen molar-refractivity contribution in [3.05, 3.63) is 58.6 Å². The summed E-state index contributed by atoms with van der Waals surface area (Å²) in [5.41, 5.74) is 4.14. The van der Waals surface area contributed by atoms with Gasteiger partial charge in [0.2, 0.25) is 5.91 Å². The summed E-state index contributed by atoms with van der Waals surface area (Å²) >= 11 is 0. The molecule has 1 amide bonds. The van der Waals surface area contributed by atoms with Crippen molar-refractivity contribution in [2.45, 2.75) is 49.7 Å². The number of hydrogen-bond acceptors (Lipinski definition) is 5. The van der Waals surface area contributed by atoms with Crippen molar-refractivity contribution < 1.29 is 9.21 Å². The number of nitrogens with one attached hydrogen (secondary N) is 2. The van der Waals surface area contributed by atoms with E-state index in [0.29, 0.717) is 24.0 Å². The Kier molecular flexibility index (Phi) is 5.91. The number of nitriles is 1. The van der Waals surface area contributed by atoms with Crippen LogP contribution < -0.4 is 16.1 Å². The predicted octanol–water partition coefficient (Wildman–Crippen LogP) is 2.92. The molecule has 168 valence electrons. The third-order valence-corrected chi connectivity index (χ3v) is 8.05. The number of amides is 1. The molecule has 1 aliphatic heterocycles. The highest BCUT2D eigenvalue weighted by Gasteiger charge is 2.39. The van der Waals surface area contributed by atoms with E-state index in [1.807, 2.05) is 42.5 Å². The molecule has 7 nitrogen and oxygen atoms in total. The highest BCUT2D eigenvalue weighted by atomic mass is 28.2. The van der Waals surface area contributed by atoms with Gasteiger partial charge in [-0.2, -0.15) is 5.26 Å². The van der Waals surface area contributed by atoms with Gasteiger partial charge in [-0.25, -0.2) is 4.79 Å². The number of aromatic nitrogens is 1. The molecule has 8 heteroatoms. The van der Waals surface area contributed by atoms with Crippen LogP contribution in [0.25, 0.3) is 22.2 Å². The molecule has 0 unspecified atom stereocenters. The fraction of sp³-hybridized carbons (Fsp3) is 0.400. The Morgan fingerprint density at radius 1 is 1.27 bits per heavy atom. The van der Waals surface area contributed by atoms with E-state index in [-0.39, 0.29) is 32.9 Å². The van der Waals surface area contributed by atoms with E-state index in [0.717, 1.165) is 28.6 Å². The molecule has 3 aromatic rings. The molecule has 2 fully saturated rings. The van der Waals surface area contributed by atoms with Crippen molar-refractivity contribution in [2.75, 3.05) is 0 Å². The van der Waals surface area contributed by atoms with Crippen molar-refractivity contribution in [3.8, 4) is 17.2 Å². The minimum atomic E-state index is -0.375. The van der Waals surface area contributed by atoms with E-state index in [1.54, 1.807) is 7.05 Å². The second kappa shape index (κ2) is 9.00. The SMILES string of the molecule is Cn1c(=O)oc2ccc(-c3ccc(C[C@@H](C#N)[Si]NC(=O)[C@@H]4C[C@@H]5CCC[C@@H]5N4)cc3)cc21. The molecule has 1 saturated carbocycles. The van der Waals surface area contributed by atoms with Crippen LogP contribution >= 0.6 is 0 Å². The van der Waals surface area contributed by atoms with Crippen molar-refractivity contribution >= 4 is 26.7 Å². The van der Waals surface area contributed by atoms with Crippen LogP contribution in [-0.2, 0) is 18.3 Å². The lowest BCUT2D eigenvalue weighted by Gasteiger charge is -2.15. The number of rotatable bonds is 6. The van der Waals surface area contributed by atoms with Gasteiger partial charge in [-0.05, 0) is 60.4 Å². The highest BCUT2D eigenvalue weighted by Crippen LogP contribution is 2.34. The van der Waals surface area contributed by atoms with E-state index in [9.17, 15) is 14.9 Å². The maximum atomic E-state index is 12.6. The van der Waals surface area contributed by atoms with Gasteiger partial charge >= 0.3 is 5.76 Å². The first-order valence-electron chi connectivity index (χ1n) is 11.4. The van der Waals surface area contributed by atoms with Crippen LogP contribution in [-0.4, -0.2) is 32.2 Å². The molecule has 2 N–H and O–H groups in total. The van der Waals surface area contributed by atoms with E-state index in [2.05, 4.69) is 16.4 Å². The number of hydrogen-bond donors (Lipinski definition) is 2. The number of oxazole rings is 1. The summed E-state index contributed by atoms with van der Waals surface area (Å²) in [5.74, 6) is 0.287. The van der Waals surface area contributed by atoms with Gasteiger partial charge in [-0.1, -0.05) is 36.8 Å². The summed E-state index contributed by atoms with van der Waals surface area (Å²) in [5, 5.41) is 13.1. The van der Waals surface area contributed by atoms with Gasteiger partial charge in [-0.15, -0.1) is 0 Å². The zero-order valence-corrected chi connectivity index (χ0v) is 19.5. The molecule has 0 spiro atoms. The van der Waals surface area contributed by atoms with E-state index in [4.69, 9.17) is 4.42 Å². The van der Waals surface area contributed by atoms with Crippen LogP contribution in [0.4, 0.5) is 0 Å². The maximum absolute atomic E-state index is 12.6. The lowest BCUT2D eigenvalue weighted by atomic mass is 10.0. The summed E-state index contributed by atoms with van der Waals surface area (Å²) in [6.07, 6.45) is 5.15. The Bertz CT molecular complexity index is 1260. The molecule has 2 heterocycles. The number of carbonyl (C=O) groups excluding carboxylic acids is 1. The van der Waals surface area contributed by atoms with Gasteiger partial charge in [-0.3, -0.25) is 9.36 Å². The largest absolute Gasteiger partial charge is 0.419 e. The first-order chi connectivity index (χ1) is 16.0. The van der Waals surface area contributed by atoms with Crippen LogP contribution in [0.15, 0.2) is 51.7 Å². The molecule has 2 aromatic carbocycles. The number of carbonyl (C=O) groups is 1. The van der Waals surface area contributed by atoms with E-state index < -0.39 is 0 Å². The molecule has 1 aromatic heterocycles. The Labute approximate surface area is 194 Å². The van der Waals surface area contributed by atoms with Gasteiger partial charge in [0.15, 0.2) is 15.3 Å². The van der Waals surface area contributed by atoms with Crippen molar-refractivity contribution in [2.24, 2.45) is 13.0 Å². The quantitative estimate of drug-likeness (QED) is 0.553. The van der Waals surface area contributed by atoms with E-state index in [1.165, 1.54) is 23.8 Å². The molecule has 4 atom stereocenters. The zero-order valence-electron chi connectivity index (χ0n) is 18.5. The molecular formula is C25H26N4O3Si. The fourth-order valence-electron chi connectivity index (χ4n) is 5.10. The van der Waals surface area contributed by atoms with Crippen LogP contribution in [0.5, 0.6) is 0 Å². The van der Waals surface area contributed by atoms with Crippen LogP contribution in [0, 0.1) is 17.2 Å². The monoisotopic (exact) mass is 458 g/mol. The summed E-state index contributed by atoms with van der Waals surface area (Å²) in [6.45, 7) is 0. The van der Waals surface area contributed by atoms with Gasteiger partial charge in [0.05, 0.1) is 23.2 Å². The number of benzene rings is 2.